The number of primary amides is 2. The van der Waals surface area contributed by atoms with Crippen molar-refractivity contribution in [3.63, 3.8) is 0 Å². The van der Waals surface area contributed by atoms with Crippen molar-refractivity contribution in [1.29, 1.82) is 0 Å². The third-order valence-electron chi connectivity index (χ3n) is 11.4. The van der Waals surface area contributed by atoms with Crippen LogP contribution in [0, 0.1) is 19.8 Å². The number of hydrogen-bond donors (Lipinski definition) is 8. The first-order valence-corrected chi connectivity index (χ1v) is 21.9. The molecule has 336 valence electrons. The first kappa shape index (κ1) is 44.9. The predicted molar refractivity (Wildman–Crippen MR) is 227 cm³/mol. The lowest BCUT2D eigenvalue weighted by Gasteiger charge is -2.44. The van der Waals surface area contributed by atoms with Gasteiger partial charge >= 0.3 is 7.82 Å². The number of amides is 4. The van der Waals surface area contributed by atoms with Crippen molar-refractivity contribution in [1.82, 2.24) is 34.4 Å². The second-order valence-electron chi connectivity index (χ2n) is 15.6. The van der Waals surface area contributed by atoms with E-state index in [0.29, 0.717) is 65.4 Å². The predicted octanol–water partition coefficient (Wildman–Crippen LogP) is 1.87. The second-order valence-corrected chi connectivity index (χ2v) is 16.8. The standard InChI is InChI=1S/C40H51N12O10P/c1-5-51-27(13-20(3)48-51)37(55)46-34-32(41)25-15-22(35(42)53)17-29-31(25)40(34,44)24(19-61-29)9-7-10-50-33-26(45-39(50)47-38(56)28-14-21(4)49-52(28)6-2)16-23(36(43)54)18-30(33)60-11-8-12-62-63(57,58)59/h13-18,24,32,34H,5-12,19,41,44H2,1-4H3,(H2,42,53)(H2,43,54)(H,46,55)(H,45,47,56)(H2,57,58,59)/t24-,32+,34+,40+/m1/s1. The van der Waals surface area contributed by atoms with Crippen LogP contribution in [0.4, 0.5) is 5.95 Å². The number of nitrogens with one attached hydrogen (secondary N) is 2. The van der Waals surface area contributed by atoms with Gasteiger partial charge in [-0.3, -0.25) is 38.4 Å². The number of nitrogens with two attached hydrogens (primary N) is 4. The maximum atomic E-state index is 14.0. The first-order valence-electron chi connectivity index (χ1n) is 20.4. The smallest absolute Gasteiger partial charge is 0.469 e. The Morgan fingerprint density at radius 1 is 0.921 bits per heavy atom. The molecule has 7 rings (SSSR count). The summed E-state index contributed by atoms with van der Waals surface area (Å²) in [6, 6.07) is 7.61. The van der Waals surface area contributed by atoms with Crippen molar-refractivity contribution in [2.75, 3.05) is 25.1 Å². The Bertz CT molecular complexity index is 2670. The topological polar surface area (TPSA) is 335 Å². The van der Waals surface area contributed by atoms with Crippen LogP contribution in [-0.4, -0.2) is 88.4 Å². The molecule has 2 aromatic carbocycles. The van der Waals surface area contributed by atoms with Gasteiger partial charge in [0.15, 0.2) is 0 Å². The van der Waals surface area contributed by atoms with Crippen LogP contribution in [0.3, 0.4) is 0 Å². The van der Waals surface area contributed by atoms with Gasteiger partial charge in [0, 0.05) is 48.7 Å². The number of imidazole rings is 1. The van der Waals surface area contributed by atoms with Gasteiger partial charge in [0.1, 0.15) is 28.4 Å². The molecular formula is C40H51N12O10P. The van der Waals surface area contributed by atoms with E-state index in [0.717, 1.165) is 0 Å². The molecule has 0 saturated heterocycles. The van der Waals surface area contributed by atoms with Gasteiger partial charge in [0.05, 0.1) is 54.3 Å². The number of phosphoric ester groups is 1. The highest BCUT2D eigenvalue weighted by atomic mass is 31.2. The average Bonchev–Trinajstić information content (AvgIpc) is 3.96. The quantitative estimate of drug-likeness (QED) is 0.0460. The number of carbonyl (C=O) groups excluding carboxylic acids is 4. The molecule has 0 bridgehead atoms. The van der Waals surface area contributed by atoms with Crippen LogP contribution in [0.25, 0.3) is 11.0 Å². The molecule has 0 radical (unpaired) electrons. The van der Waals surface area contributed by atoms with E-state index in [1.54, 1.807) is 46.0 Å². The minimum atomic E-state index is -4.72. The number of ether oxygens (including phenoxy) is 2. The molecule has 2 aliphatic rings. The lowest BCUT2D eigenvalue weighted by molar-refractivity contribution is 0.0752. The molecule has 1 aliphatic heterocycles. The van der Waals surface area contributed by atoms with Crippen LogP contribution in [0.5, 0.6) is 11.5 Å². The Balaban J connectivity index is 1.24. The highest BCUT2D eigenvalue weighted by molar-refractivity contribution is 7.46. The largest absolute Gasteiger partial charge is 0.493 e. The van der Waals surface area contributed by atoms with Crippen molar-refractivity contribution < 1.29 is 47.5 Å². The summed E-state index contributed by atoms with van der Waals surface area (Å²) in [7, 11) is -4.72. The highest BCUT2D eigenvalue weighted by Crippen LogP contribution is 2.53. The molecular weight excluding hydrogens is 839 g/mol. The van der Waals surface area contributed by atoms with Crippen molar-refractivity contribution in [3.05, 3.63) is 81.4 Å². The maximum Gasteiger partial charge on any atom is 0.469 e. The Kier molecular flexibility index (Phi) is 12.5. The number of rotatable bonds is 18. The van der Waals surface area contributed by atoms with Gasteiger partial charge in [-0.05, 0) is 82.5 Å². The number of carbonyl (C=O) groups is 4. The van der Waals surface area contributed by atoms with Crippen molar-refractivity contribution >= 4 is 48.4 Å². The molecule has 23 heteroatoms. The number of fused-ring (bicyclic) bond motifs is 1. The molecule has 0 unspecified atom stereocenters. The first-order chi connectivity index (χ1) is 29.8. The summed E-state index contributed by atoms with van der Waals surface area (Å²) in [6.45, 7) is 8.01. The van der Waals surface area contributed by atoms with E-state index in [1.165, 1.54) is 18.2 Å². The zero-order chi connectivity index (χ0) is 45.5. The van der Waals surface area contributed by atoms with Crippen LogP contribution in [0.15, 0.2) is 36.4 Å². The number of nitrogens with zero attached hydrogens (tertiary/aromatic N) is 6. The van der Waals surface area contributed by atoms with Gasteiger partial charge in [0.25, 0.3) is 11.8 Å². The molecule has 4 heterocycles. The van der Waals surface area contributed by atoms with E-state index in [9.17, 15) is 23.7 Å². The summed E-state index contributed by atoms with van der Waals surface area (Å²) < 4.78 is 33.0. The zero-order valence-electron chi connectivity index (χ0n) is 35.2. The van der Waals surface area contributed by atoms with E-state index >= 15 is 0 Å². The number of aromatic nitrogens is 6. The Hall–Kier alpha value is -6.16. The van der Waals surface area contributed by atoms with Crippen LogP contribution >= 0.6 is 7.82 Å². The number of phosphoric acid groups is 1. The monoisotopic (exact) mass is 890 g/mol. The molecule has 1 aliphatic carbocycles. The van der Waals surface area contributed by atoms with E-state index < -0.39 is 55.0 Å². The fraction of sp³-hybridized carbons (Fsp3) is 0.425. The summed E-state index contributed by atoms with van der Waals surface area (Å²) in [4.78, 5) is 75.7. The lowest BCUT2D eigenvalue weighted by Crippen LogP contribution is -2.62. The average molecular weight is 891 g/mol. The van der Waals surface area contributed by atoms with Gasteiger partial charge in [-0.2, -0.15) is 10.2 Å². The molecule has 0 spiro atoms. The highest BCUT2D eigenvalue weighted by Gasteiger charge is 2.57. The molecule has 4 atom stereocenters. The summed E-state index contributed by atoms with van der Waals surface area (Å²) in [5, 5.41) is 14.8. The van der Waals surface area contributed by atoms with Crippen molar-refractivity contribution in [2.24, 2.45) is 28.9 Å². The molecule has 3 aromatic heterocycles. The SMILES string of the molecule is CCn1nc(C)cc1C(=O)Nc1nc2cc(C(N)=O)cc(OCCCOP(=O)(O)O)c2n1CCC[C@@H]1COc2cc(C(N)=O)cc3c2[C@]1(N)[C@@H](NC(=O)c1cc(C)nn1CC)[C@H]3N. The van der Waals surface area contributed by atoms with Gasteiger partial charge in [-0.1, -0.05) is 0 Å². The number of benzene rings is 2. The fourth-order valence-corrected chi connectivity index (χ4v) is 8.97. The van der Waals surface area contributed by atoms with Crippen molar-refractivity contribution in [2.45, 2.75) is 84.2 Å². The molecule has 0 saturated carbocycles. The fourth-order valence-electron chi connectivity index (χ4n) is 8.60. The zero-order valence-corrected chi connectivity index (χ0v) is 36.1. The summed E-state index contributed by atoms with van der Waals surface area (Å²) in [6.07, 6.45) is 0.820. The molecule has 5 aromatic rings. The third kappa shape index (κ3) is 8.77. The molecule has 63 heavy (non-hydrogen) atoms. The Labute approximate surface area is 360 Å². The number of anilines is 1. The third-order valence-corrected chi connectivity index (χ3v) is 11.9. The summed E-state index contributed by atoms with van der Waals surface area (Å²) >= 11 is 0. The Morgan fingerprint density at radius 2 is 1.56 bits per heavy atom. The normalized spacial score (nSPS) is 19.1. The molecule has 22 nitrogen and oxygen atoms in total. The lowest BCUT2D eigenvalue weighted by atomic mass is 9.73. The minimum absolute atomic E-state index is 0.0624. The second kappa shape index (κ2) is 17.5. The van der Waals surface area contributed by atoms with Gasteiger partial charge < -0.3 is 52.1 Å². The number of hydrogen-bond acceptors (Lipinski definition) is 13. The van der Waals surface area contributed by atoms with Crippen LogP contribution in [-0.2, 0) is 34.3 Å². The molecule has 4 amide bonds. The van der Waals surface area contributed by atoms with Crippen LogP contribution in [0.1, 0.15) is 103 Å². The van der Waals surface area contributed by atoms with E-state index in [2.05, 4.69) is 25.4 Å². The Morgan fingerprint density at radius 3 is 2.17 bits per heavy atom. The van der Waals surface area contributed by atoms with E-state index in [-0.39, 0.29) is 66.8 Å². The van der Waals surface area contributed by atoms with Crippen LogP contribution in [0.2, 0.25) is 0 Å². The van der Waals surface area contributed by atoms with Crippen molar-refractivity contribution in [3.8, 4) is 11.5 Å². The maximum absolute atomic E-state index is 14.0. The molecule has 12 N–H and O–H groups in total. The summed E-state index contributed by atoms with van der Waals surface area (Å²) in [5.74, 6) is -2.25. The van der Waals surface area contributed by atoms with Gasteiger partial charge in [-0.25, -0.2) is 9.55 Å². The summed E-state index contributed by atoms with van der Waals surface area (Å²) in [5.41, 5.74) is 28.4. The van der Waals surface area contributed by atoms with Gasteiger partial charge in [-0.15, -0.1) is 0 Å². The molecule has 0 fully saturated rings. The van der Waals surface area contributed by atoms with Crippen LogP contribution < -0.4 is 43.0 Å². The van der Waals surface area contributed by atoms with Gasteiger partial charge in [0.2, 0.25) is 17.8 Å². The van der Waals surface area contributed by atoms with E-state index in [4.69, 9.17) is 47.2 Å². The number of aryl methyl sites for hydroxylation is 5. The van der Waals surface area contributed by atoms with E-state index in [1.807, 2.05) is 13.8 Å². The minimum Gasteiger partial charge on any atom is -0.493 e.